The van der Waals surface area contributed by atoms with E-state index in [1.54, 1.807) is 0 Å². The molecular formula is C13H28N2. The molecule has 0 atom stereocenters. The van der Waals surface area contributed by atoms with E-state index in [4.69, 9.17) is 0 Å². The second-order valence-electron chi connectivity index (χ2n) is 4.87. The van der Waals surface area contributed by atoms with Gasteiger partial charge in [0.1, 0.15) is 0 Å². The van der Waals surface area contributed by atoms with Gasteiger partial charge in [0.05, 0.1) is 0 Å². The van der Waals surface area contributed by atoms with Crippen molar-refractivity contribution in [3.05, 3.63) is 12.2 Å². The molecule has 0 saturated carbocycles. The Morgan fingerprint density at radius 2 is 1.40 bits per heavy atom. The lowest BCUT2D eigenvalue weighted by molar-refractivity contribution is 0.278. The van der Waals surface area contributed by atoms with Crippen LogP contribution in [0.1, 0.15) is 34.1 Å². The van der Waals surface area contributed by atoms with Crippen LogP contribution in [0, 0.1) is 0 Å². The minimum absolute atomic E-state index is 0.632. The highest BCUT2D eigenvalue weighted by Crippen LogP contribution is 1.97. The Morgan fingerprint density at radius 1 is 0.867 bits per heavy atom. The van der Waals surface area contributed by atoms with E-state index in [0.717, 1.165) is 19.5 Å². The highest BCUT2D eigenvalue weighted by atomic mass is 15.1. The van der Waals surface area contributed by atoms with Crippen LogP contribution in [-0.4, -0.2) is 49.1 Å². The quantitative estimate of drug-likeness (QED) is 0.599. The van der Waals surface area contributed by atoms with E-state index >= 15 is 0 Å². The first-order valence-electron chi connectivity index (χ1n) is 6.00. The normalized spacial score (nSPS) is 12.9. The molecule has 0 N–H and O–H groups in total. The maximum atomic E-state index is 2.37. The lowest BCUT2D eigenvalue weighted by Gasteiger charge is -2.20. The van der Waals surface area contributed by atoms with E-state index in [9.17, 15) is 0 Å². The zero-order valence-electron chi connectivity index (χ0n) is 11.3. The summed E-state index contributed by atoms with van der Waals surface area (Å²) in [6.45, 7) is 11.1. The van der Waals surface area contributed by atoms with Crippen LogP contribution < -0.4 is 0 Å². The number of hydrogen-bond acceptors (Lipinski definition) is 2. The zero-order chi connectivity index (χ0) is 11.8. The topological polar surface area (TPSA) is 6.48 Å². The van der Waals surface area contributed by atoms with Gasteiger partial charge < -0.3 is 9.80 Å². The fourth-order valence-electron chi connectivity index (χ4n) is 1.11. The molecule has 0 aromatic rings. The highest BCUT2D eigenvalue weighted by Gasteiger charge is 2.01. The van der Waals surface area contributed by atoms with Gasteiger partial charge in [0.15, 0.2) is 0 Å². The maximum absolute atomic E-state index is 2.37. The number of nitrogens with zero attached hydrogens (tertiary/aromatic N) is 2. The molecule has 0 bridgehead atoms. The molecule has 0 aromatic heterocycles. The molecule has 0 spiro atoms. The molecule has 0 radical (unpaired) electrons. The number of rotatable bonds is 7. The molecule has 0 fully saturated rings. The van der Waals surface area contributed by atoms with Crippen LogP contribution in [0.4, 0.5) is 0 Å². The van der Waals surface area contributed by atoms with Crippen LogP contribution in [0.25, 0.3) is 0 Å². The summed E-state index contributed by atoms with van der Waals surface area (Å²) in [5.74, 6) is 0. The van der Waals surface area contributed by atoms with Gasteiger partial charge in [0.2, 0.25) is 0 Å². The summed E-state index contributed by atoms with van der Waals surface area (Å²) in [6, 6.07) is 1.28. The maximum Gasteiger partial charge on any atom is 0.0162 e. The molecule has 0 aliphatic carbocycles. The van der Waals surface area contributed by atoms with Crippen LogP contribution in [0.5, 0.6) is 0 Å². The van der Waals surface area contributed by atoms with Gasteiger partial charge in [0.25, 0.3) is 0 Å². The molecule has 0 aromatic carbocycles. The Kier molecular flexibility index (Phi) is 7.71. The molecule has 2 nitrogen and oxygen atoms in total. The van der Waals surface area contributed by atoms with Crippen LogP contribution in [0.2, 0.25) is 0 Å². The summed E-state index contributed by atoms with van der Waals surface area (Å²) in [5, 5.41) is 0. The largest absolute Gasteiger partial charge is 0.304 e. The van der Waals surface area contributed by atoms with Crippen molar-refractivity contribution in [3.8, 4) is 0 Å². The lowest BCUT2D eigenvalue weighted by atomic mass is 10.3. The van der Waals surface area contributed by atoms with Gasteiger partial charge in [-0.1, -0.05) is 12.2 Å². The monoisotopic (exact) mass is 212 g/mol. The van der Waals surface area contributed by atoms with Crippen molar-refractivity contribution in [3.63, 3.8) is 0 Å². The minimum Gasteiger partial charge on any atom is -0.304 e. The van der Waals surface area contributed by atoms with E-state index in [2.05, 4.69) is 63.7 Å². The molecule has 0 rings (SSSR count). The third-order valence-corrected chi connectivity index (χ3v) is 2.97. The van der Waals surface area contributed by atoms with Gasteiger partial charge in [-0.3, -0.25) is 0 Å². The van der Waals surface area contributed by atoms with Crippen molar-refractivity contribution >= 4 is 0 Å². The summed E-state index contributed by atoms with van der Waals surface area (Å²) in [6.07, 6.45) is 5.71. The molecular weight excluding hydrogens is 184 g/mol. The average molecular weight is 212 g/mol. The zero-order valence-corrected chi connectivity index (χ0v) is 11.3. The summed E-state index contributed by atoms with van der Waals surface area (Å²) in [4.78, 5) is 4.71. The first-order chi connectivity index (χ1) is 6.95. The van der Waals surface area contributed by atoms with Gasteiger partial charge in [0, 0.05) is 25.2 Å². The molecule has 0 aliphatic heterocycles. The van der Waals surface area contributed by atoms with Crippen molar-refractivity contribution in [2.24, 2.45) is 0 Å². The summed E-state index contributed by atoms with van der Waals surface area (Å²) in [5.41, 5.74) is 0. The van der Waals surface area contributed by atoms with Crippen molar-refractivity contribution in [1.82, 2.24) is 9.80 Å². The fraction of sp³-hybridized carbons (Fsp3) is 0.846. The second kappa shape index (κ2) is 7.89. The standard InChI is InChI=1S/C13H28N2/c1-12(2)14(5)10-8-7-9-11-15(6)13(3)4/h7-8,12-13H,9-11H2,1-6H3/b8-7-. The molecule has 15 heavy (non-hydrogen) atoms. The third-order valence-electron chi connectivity index (χ3n) is 2.97. The van der Waals surface area contributed by atoms with E-state index in [-0.39, 0.29) is 0 Å². The minimum atomic E-state index is 0.632. The second-order valence-corrected chi connectivity index (χ2v) is 4.87. The SMILES string of the molecule is CC(C)N(C)C/C=C\CCN(C)C(C)C. The van der Waals surface area contributed by atoms with Crippen LogP contribution in [0.3, 0.4) is 0 Å². The molecule has 90 valence electrons. The van der Waals surface area contributed by atoms with Crippen molar-refractivity contribution in [2.75, 3.05) is 27.2 Å². The Bertz CT molecular complexity index is 173. The Morgan fingerprint density at radius 3 is 1.87 bits per heavy atom. The van der Waals surface area contributed by atoms with Gasteiger partial charge in [-0.15, -0.1) is 0 Å². The van der Waals surface area contributed by atoms with Crippen molar-refractivity contribution in [2.45, 2.75) is 46.2 Å². The lowest BCUT2D eigenvalue weighted by Crippen LogP contribution is -2.27. The summed E-state index contributed by atoms with van der Waals surface area (Å²) < 4.78 is 0. The first kappa shape index (κ1) is 14.7. The Labute approximate surface area is 95.9 Å². The molecule has 2 heteroatoms. The first-order valence-corrected chi connectivity index (χ1v) is 6.00. The molecule has 0 aliphatic rings. The molecule has 0 unspecified atom stereocenters. The van der Waals surface area contributed by atoms with Gasteiger partial charge in [-0.05, 0) is 48.2 Å². The average Bonchev–Trinajstić information content (AvgIpc) is 2.16. The van der Waals surface area contributed by atoms with Crippen LogP contribution in [0.15, 0.2) is 12.2 Å². The summed E-state index contributed by atoms with van der Waals surface area (Å²) in [7, 11) is 4.34. The van der Waals surface area contributed by atoms with Gasteiger partial charge in [-0.25, -0.2) is 0 Å². The predicted octanol–water partition coefficient (Wildman–Crippen LogP) is 2.61. The third kappa shape index (κ3) is 7.57. The van der Waals surface area contributed by atoms with Crippen LogP contribution in [-0.2, 0) is 0 Å². The number of likely N-dealkylation sites (N-methyl/N-ethyl adjacent to an activating group) is 1. The summed E-state index contributed by atoms with van der Waals surface area (Å²) >= 11 is 0. The smallest absolute Gasteiger partial charge is 0.0162 e. The predicted molar refractivity (Wildman–Crippen MR) is 69.3 cm³/mol. The van der Waals surface area contributed by atoms with E-state index in [1.807, 2.05) is 0 Å². The number of hydrogen-bond donors (Lipinski definition) is 0. The highest BCUT2D eigenvalue weighted by molar-refractivity contribution is 4.85. The van der Waals surface area contributed by atoms with E-state index in [0.29, 0.717) is 12.1 Å². The Balaban J connectivity index is 3.55. The van der Waals surface area contributed by atoms with Crippen molar-refractivity contribution < 1.29 is 0 Å². The van der Waals surface area contributed by atoms with Crippen molar-refractivity contribution in [1.29, 1.82) is 0 Å². The van der Waals surface area contributed by atoms with E-state index in [1.165, 1.54) is 0 Å². The van der Waals surface area contributed by atoms with Gasteiger partial charge in [-0.2, -0.15) is 0 Å². The fourth-order valence-corrected chi connectivity index (χ4v) is 1.11. The van der Waals surface area contributed by atoms with Crippen LogP contribution >= 0.6 is 0 Å². The molecule has 0 saturated heterocycles. The van der Waals surface area contributed by atoms with Gasteiger partial charge >= 0.3 is 0 Å². The van der Waals surface area contributed by atoms with E-state index < -0.39 is 0 Å². The Hall–Kier alpha value is -0.340. The molecule has 0 heterocycles. The molecule has 0 amide bonds.